The molecule has 1 aromatic carbocycles. The van der Waals surface area contributed by atoms with Crippen LogP contribution >= 0.6 is 27.3 Å². The summed E-state index contributed by atoms with van der Waals surface area (Å²) < 4.78 is 14.4. The third-order valence-electron chi connectivity index (χ3n) is 3.56. The Kier molecular flexibility index (Phi) is 5.93. The summed E-state index contributed by atoms with van der Waals surface area (Å²) in [7, 11) is 2.04. The van der Waals surface area contributed by atoms with Crippen molar-refractivity contribution in [1.82, 2.24) is 4.90 Å². The molecule has 0 fully saturated rings. The van der Waals surface area contributed by atoms with Crippen molar-refractivity contribution in [3.63, 3.8) is 0 Å². The zero-order valence-electron chi connectivity index (χ0n) is 12.2. The molecular formula is C16H20BrFN2S. The Labute approximate surface area is 137 Å². The number of nitrogens with zero attached hydrogens (tertiary/aromatic N) is 1. The molecule has 0 spiro atoms. The molecule has 1 heterocycles. The van der Waals surface area contributed by atoms with E-state index in [1.54, 1.807) is 23.5 Å². The van der Waals surface area contributed by atoms with E-state index in [4.69, 9.17) is 5.73 Å². The normalized spacial score (nSPS) is 14.4. The molecule has 0 aliphatic carbocycles. The highest BCUT2D eigenvalue weighted by Crippen LogP contribution is 2.33. The van der Waals surface area contributed by atoms with Crippen LogP contribution in [0, 0.1) is 5.82 Å². The Bertz CT molecular complexity index is 587. The third kappa shape index (κ3) is 4.36. The lowest BCUT2D eigenvalue weighted by Crippen LogP contribution is -2.38. The third-order valence-corrected chi connectivity index (χ3v) is 5.25. The van der Waals surface area contributed by atoms with Gasteiger partial charge in [-0.25, -0.2) is 4.39 Å². The molecule has 2 atom stereocenters. The van der Waals surface area contributed by atoms with E-state index in [1.165, 1.54) is 10.9 Å². The van der Waals surface area contributed by atoms with Crippen molar-refractivity contribution in [2.24, 2.45) is 5.73 Å². The molecule has 0 aliphatic rings. The molecule has 0 aliphatic heterocycles. The number of hydrogen-bond acceptors (Lipinski definition) is 3. The highest BCUT2D eigenvalue weighted by molar-refractivity contribution is 9.11. The van der Waals surface area contributed by atoms with E-state index in [0.717, 1.165) is 15.8 Å². The zero-order valence-corrected chi connectivity index (χ0v) is 14.6. The van der Waals surface area contributed by atoms with Crippen molar-refractivity contribution in [1.29, 1.82) is 0 Å². The largest absolute Gasteiger partial charge is 0.326 e. The van der Waals surface area contributed by atoms with E-state index in [-0.39, 0.29) is 17.9 Å². The SMILES string of the molecule is CCC(N)C(c1ccc(Br)s1)N(C)Cc1cccc(F)c1. The Morgan fingerprint density at radius 3 is 2.67 bits per heavy atom. The standard InChI is InChI=1S/C16H20BrFN2S/c1-3-13(19)16(14-7-8-15(17)21-14)20(2)10-11-5-4-6-12(18)9-11/h4-9,13,16H,3,10,19H2,1-2H3. The Morgan fingerprint density at radius 1 is 1.33 bits per heavy atom. The maximum Gasteiger partial charge on any atom is 0.123 e. The predicted octanol–water partition coefficient (Wildman–Crippen LogP) is 4.56. The van der Waals surface area contributed by atoms with Crippen LogP contribution in [-0.4, -0.2) is 18.0 Å². The van der Waals surface area contributed by atoms with Gasteiger partial charge in [-0.05, 0) is 59.2 Å². The molecule has 2 N–H and O–H groups in total. The second-order valence-corrected chi connectivity index (χ2v) is 7.70. The number of halogens is 2. The van der Waals surface area contributed by atoms with Crippen molar-refractivity contribution in [2.45, 2.75) is 32.0 Å². The van der Waals surface area contributed by atoms with Gasteiger partial charge in [-0.2, -0.15) is 0 Å². The maximum absolute atomic E-state index is 13.3. The summed E-state index contributed by atoms with van der Waals surface area (Å²) >= 11 is 5.21. The highest BCUT2D eigenvalue weighted by Gasteiger charge is 2.24. The molecule has 5 heteroatoms. The smallest absolute Gasteiger partial charge is 0.123 e. The van der Waals surface area contributed by atoms with Gasteiger partial charge in [0.05, 0.1) is 9.83 Å². The summed E-state index contributed by atoms with van der Waals surface area (Å²) in [4.78, 5) is 3.43. The van der Waals surface area contributed by atoms with E-state index < -0.39 is 0 Å². The van der Waals surface area contributed by atoms with Crippen molar-refractivity contribution in [3.8, 4) is 0 Å². The molecule has 2 rings (SSSR count). The molecule has 0 saturated heterocycles. The van der Waals surface area contributed by atoms with Crippen molar-refractivity contribution in [2.75, 3.05) is 7.05 Å². The maximum atomic E-state index is 13.3. The van der Waals surface area contributed by atoms with Crippen LogP contribution in [0.15, 0.2) is 40.2 Å². The number of benzene rings is 1. The predicted molar refractivity (Wildman–Crippen MR) is 90.9 cm³/mol. The molecule has 2 nitrogen and oxygen atoms in total. The summed E-state index contributed by atoms with van der Waals surface area (Å²) in [5, 5.41) is 0. The highest BCUT2D eigenvalue weighted by atomic mass is 79.9. The topological polar surface area (TPSA) is 29.3 Å². The molecule has 0 radical (unpaired) electrons. The van der Waals surface area contributed by atoms with Gasteiger partial charge >= 0.3 is 0 Å². The van der Waals surface area contributed by atoms with Gasteiger partial charge in [0.2, 0.25) is 0 Å². The first-order valence-corrected chi connectivity index (χ1v) is 8.57. The van der Waals surface area contributed by atoms with E-state index in [2.05, 4.69) is 33.8 Å². The molecule has 0 saturated carbocycles. The number of nitrogens with two attached hydrogens (primary N) is 1. The zero-order chi connectivity index (χ0) is 15.4. The summed E-state index contributed by atoms with van der Waals surface area (Å²) in [6, 6.07) is 11.1. The van der Waals surface area contributed by atoms with Crippen LogP contribution in [0.3, 0.4) is 0 Å². The van der Waals surface area contributed by atoms with E-state index >= 15 is 0 Å². The summed E-state index contributed by atoms with van der Waals surface area (Å²) in [5.41, 5.74) is 7.28. The lowest BCUT2D eigenvalue weighted by atomic mass is 10.0. The van der Waals surface area contributed by atoms with E-state index in [0.29, 0.717) is 6.54 Å². The molecule has 0 amide bonds. The first-order valence-electron chi connectivity index (χ1n) is 6.96. The fourth-order valence-corrected chi connectivity index (χ4v) is 4.15. The minimum absolute atomic E-state index is 0.0501. The average Bonchev–Trinajstić information content (AvgIpc) is 2.85. The molecule has 2 unspecified atom stereocenters. The van der Waals surface area contributed by atoms with Crippen LogP contribution in [0.25, 0.3) is 0 Å². The first-order chi connectivity index (χ1) is 10.0. The quantitative estimate of drug-likeness (QED) is 0.807. The van der Waals surface area contributed by atoms with Crippen LogP contribution in [0.5, 0.6) is 0 Å². The minimum atomic E-state index is -0.198. The molecule has 114 valence electrons. The van der Waals surface area contributed by atoms with Crippen LogP contribution in [0.2, 0.25) is 0 Å². The second-order valence-electron chi connectivity index (χ2n) is 5.20. The molecular weight excluding hydrogens is 351 g/mol. The average molecular weight is 371 g/mol. The summed E-state index contributed by atoms with van der Waals surface area (Å²) in [5.74, 6) is -0.198. The molecule has 1 aromatic heterocycles. The Balaban J connectivity index is 2.20. The number of likely N-dealkylation sites (N-methyl/N-ethyl adjacent to an activating group) is 1. The van der Waals surface area contributed by atoms with Gasteiger partial charge in [0, 0.05) is 17.5 Å². The van der Waals surface area contributed by atoms with Crippen molar-refractivity contribution in [3.05, 3.63) is 56.4 Å². The van der Waals surface area contributed by atoms with Gasteiger partial charge < -0.3 is 5.73 Å². The first kappa shape index (κ1) is 16.6. The molecule has 0 bridgehead atoms. The lowest BCUT2D eigenvalue weighted by Gasteiger charge is -2.31. The van der Waals surface area contributed by atoms with Gasteiger partial charge in [0.1, 0.15) is 5.82 Å². The van der Waals surface area contributed by atoms with Gasteiger partial charge in [0.15, 0.2) is 0 Å². The van der Waals surface area contributed by atoms with E-state index in [1.807, 2.05) is 19.2 Å². The fourth-order valence-electron chi connectivity index (χ4n) is 2.49. The summed E-state index contributed by atoms with van der Waals surface area (Å²) in [6.45, 7) is 2.77. The Morgan fingerprint density at radius 2 is 2.10 bits per heavy atom. The van der Waals surface area contributed by atoms with Crippen LogP contribution in [0.1, 0.15) is 29.8 Å². The van der Waals surface area contributed by atoms with Gasteiger partial charge in [0.25, 0.3) is 0 Å². The van der Waals surface area contributed by atoms with Gasteiger partial charge in [-0.1, -0.05) is 19.1 Å². The second kappa shape index (κ2) is 7.49. The Hall–Kier alpha value is -0.750. The molecule has 2 aromatic rings. The monoisotopic (exact) mass is 370 g/mol. The van der Waals surface area contributed by atoms with Crippen molar-refractivity contribution < 1.29 is 4.39 Å². The fraction of sp³-hybridized carbons (Fsp3) is 0.375. The van der Waals surface area contributed by atoms with Gasteiger partial charge in [-0.15, -0.1) is 11.3 Å². The number of thiophene rings is 1. The van der Waals surface area contributed by atoms with E-state index in [9.17, 15) is 4.39 Å². The number of hydrogen-bond donors (Lipinski definition) is 1. The van der Waals surface area contributed by atoms with Crippen LogP contribution < -0.4 is 5.73 Å². The lowest BCUT2D eigenvalue weighted by molar-refractivity contribution is 0.205. The van der Waals surface area contributed by atoms with Gasteiger partial charge in [-0.3, -0.25) is 4.90 Å². The van der Waals surface area contributed by atoms with Crippen LogP contribution in [-0.2, 0) is 6.54 Å². The van der Waals surface area contributed by atoms with Crippen LogP contribution in [0.4, 0.5) is 4.39 Å². The number of rotatable bonds is 6. The molecule has 21 heavy (non-hydrogen) atoms. The minimum Gasteiger partial charge on any atom is -0.326 e. The summed E-state index contributed by atoms with van der Waals surface area (Å²) in [6.07, 6.45) is 0.897. The van der Waals surface area contributed by atoms with Crippen molar-refractivity contribution >= 4 is 27.3 Å².